The zero-order valence-electron chi connectivity index (χ0n) is 12.7. The van der Waals surface area contributed by atoms with Crippen molar-refractivity contribution >= 4 is 13.7 Å². The predicted octanol–water partition coefficient (Wildman–Crippen LogP) is 3.60. The van der Waals surface area contributed by atoms with Crippen LogP contribution in [0.2, 0.25) is 6.55 Å². The zero-order chi connectivity index (χ0) is 14.0. The highest BCUT2D eigenvalue weighted by molar-refractivity contribution is 6.80. The fraction of sp³-hybridized carbons (Fsp3) is 0.600. The summed E-state index contributed by atoms with van der Waals surface area (Å²) in [5.74, 6) is 0. The lowest BCUT2D eigenvalue weighted by molar-refractivity contribution is 0.0255. The Balaban J connectivity index is 3.09. The van der Waals surface area contributed by atoms with Gasteiger partial charge >= 0.3 is 8.56 Å². The second-order valence-corrected chi connectivity index (χ2v) is 9.62. The molecular formula is C15H26O2Si. The molecule has 1 aromatic rings. The standard InChI is InChI=1S/C15H26O2Si/c1-14(2,3)16-18(7,17-15(4,5)6)13-11-9-8-10-12-13/h8-12H,1-7H3. The van der Waals surface area contributed by atoms with Gasteiger partial charge in [-0.25, -0.2) is 0 Å². The molecule has 0 atom stereocenters. The van der Waals surface area contributed by atoms with E-state index < -0.39 is 8.56 Å². The van der Waals surface area contributed by atoms with Crippen LogP contribution < -0.4 is 5.19 Å². The number of hydrogen-bond acceptors (Lipinski definition) is 2. The van der Waals surface area contributed by atoms with E-state index in [4.69, 9.17) is 8.85 Å². The normalized spacial score (nSPS) is 13.7. The zero-order valence-corrected chi connectivity index (χ0v) is 13.7. The van der Waals surface area contributed by atoms with E-state index in [9.17, 15) is 0 Å². The van der Waals surface area contributed by atoms with Crippen LogP contribution in [0.1, 0.15) is 41.5 Å². The van der Waals surface area contributed by atoms with Crippen molar-refractivity contribution in [2.24, 2.45) is 0 Å². The smallest absolute Gasteiger partial charge is 0.370 e. The van der Waals surface area contributed by atoms with Gasteiger partial charge in [0, 0.05) is 0 Å². The van der Waals surface area contributed by atoms with Crippen LogP contribution in [-0.4, -0.2) is 19.8 Å². The second-order valence-electron chi connectivity index (χ2n) is 6.74. The quantitative estimate of drug-likeness (QED) is 0.778. The molecule has 0 saturated heterocycles. The van der Waals surface area contributed by atoms with Crippen molar-refractivity contribution in [3.63, 3.8) is 0 Å². The molecule has 0 aliphatic heterocycles. The third-order valence-electron chi connectivity index (χ3n) is 2.30. The van der Waals surface area contributed by atoms with Crippen molar-refractivity contribution in [1.82, 2.24) is 0 Å². The van der Waals surface area contributed by atoms with Crippen LogP contribution in [0.3, 0.4) is 0 Å². The van der Waals surface area contributed by atoms with Crippen LogP contribution in [0.15, 0.2) is 30.3 Å². The van der Waals surface area contributed by atoms with Gasteiger partial charge in [0.25, 0.3) is 0 Å². The Hall–Kier alpha value is -0.643. The molecule has 0 unspecified atom stereocenters. The Morgan fingerprint density at radius 2 is 1.17 bits per heavy atom. The van der Waals surface area contributed by atoms with Crippen molar-refractivity contribution in [1.29, 1.82) is 0 Å². The van der Waals surface area contributed by atoms with Crippen LogP contribution in [0.25, 0.3) is 0 Å². The Morgan fingerprint density at radius 1 is 0.778 bits per heavy atom. The number of hydrogen-bond donors (Lipinski definition) is 0. The van der Waals surface area contributed by atoms with E-state index in [-0.39, 0.29) is 11.2 Å². The molecule has 102 valence electrons. The Morgan fingerprint density at radius 3 is 1.50 bits per heavy atom. The second kappa shape index (κ2) is 5.15. The van der Waals surface area contributed by atoms with Gasteiger partial charge in [-0.2, -0.15) is 0 Å². The van der Waals surface area contributed by atoms with E-state index in [1.807, 2.05) is 18.2 Å². The minimum absolute atomic E-state index is 0.206. The SMILES string of the molecule is CC(C)(C)O[Si](C)(OC(C)(C)C)c1ccccc1. The third-order valence-corrected chi connectivity index (χ3v) is 5.69. The van der Waals surface area contributed by atoms with Crippen molar-refractivity contribution in [2.75, 3.05) is 0 Å². The summed E-state index contributed by atoms with van der Waals surface area (Å²) in [5.41, 5.74) is -0.413. The minimum atomic E-state index is -2.40. The molecular weight excluding hydrogens is 240 g/mol. The summed E-state index contributed by atoms with van der Waals surface area (Å²) >= 11 is 0. The maximum absolute atomic E-state index is 6.30. The first-order valence-corrected chi connectivity index (χ1v) is 8.79. The average Bonchev–Trinajstić information content (AvgIpc) is 2.13. The largest absolute Gasteiger partial charge is 0.386 e. The molecule has 0 saturated carbocycles. The van der Waals surface area contributed by atoms with Crippen molar-refractivity contribution in [3.05, 3.63) is 30.3 Å². The molecule has 2 nitrogen and oxygen atoms in total. The summed E-state index contributed by atoms with van der Waals surface area (Å²) in [5, 5.41) is 1.18. The lowest BCUT2D eigenvalue weighted by Crippen LogP contribution is -2.57. The first kappa shape index (κ1) is 15.4. The van der Waals surface area contributed by atoms with Gasteiger partial charge in [0.05, 0.1) is 11.2 Å². The Labute approximate surface area is 113 Å². The first-order valence-electron chi connectivity index (χ1n) is 6.48. The van der Waals surface area contributed by atoms with E-state index in [0.717, 1.165) is 0 Å². The van der Waals surface area contributed by atoms with Crippen LogP contribution in [0.5, 0.6) is 0 Å². The molecule has 0 fully saturated rings. The van der Waals surface area contributed by atoms with Crippen molar-refractivity contribution in [2.45, 2.75) is 59.3 Å². The number of benzene rings is 1. The van der Waals surface area contributed by atoms with Gasteiger partial charge in [-0.15, -0.1) is 0 Å². The molecule has 0 aromatic heterocycles. The molecule has 0 aliphatic rings. The molecule has 1 rings (SSSR count). The Bertz CT molecular complexity index is 358. The summed E-state index contributed by atoms with van der Waals surface area (Å²) < 4.78 is 12.6. The fourth-order valence-electron chi connectivity index (χ4n) is 2.05. The van der Waals surface area contributed by atoms with Crippen molar-refractivity contribution < 1.29 is 8.85 Å². The van der Waals surface area contributed by atoms with Gasteiger partial charge in [-0.3, -0.25) is 0 Å². The van der Waals surface area contributed by atoms with Gasteiger partial charge in [-0.1, -0.05) is 30.3 Å². The van der Waals surface area contributed by atoms with Crippen LogP contribution >= 0.6 is 0 Å². The molecule has 3 heteroatoms. The topological polar surface area (TPSA) is 18.5 Å². The van der Waals surface area contributed by atoms with E-state index >= 15 is 0 Å². The van der Waals surface area contributed by atoms with Crippen LogP contribution in [-0.2, 0) is 8.85 Å². The highest BCUT2D eigenvalue weighted by Gasteiger charge is 2.41. The molecule has 0 aliphatic carbocycles. The maximum atomic E-state index is 6.30. The van der Waals surface area contributed by atoms with Gasteiger partial charge < -0.3 is 8.85 Å². The van der Waals surface area contributed by atoms with Gasteiger partial charge in [0.1, 0.15) is 0 Å². The lowest BCUT2D eigenvalue weighted by atomic mass is 10.2. The molecule has 0 radical (unpaired) electrons. The summed E-state index contributed by atoms with van der Waals surface area (Å²) in [6.45, 7) is 14.6. The van der Waals surface area contributed by atoms with Gasteiger partial charge in [-0.05, 0) is 53.3 Å². The molecule has 18 heavy (non-hydrogen) atoms. The molecule has 0 heterocycles. The predicted molar refractivity (Wildman–Crippen MR) is 79.4 cm³/mol. The fourth-order valence-corrected chi connectivity index (χ4v) is 5.46. The summed E-state index contributed by atoms with van der Waals surface area (Å²) in [6, 6.07) is 10.3. The van der Waals surface area contributed by atoms with E-state index in [2.05, 4.69) is 60.2 Å². The minimum Gasteiger partial charge on any atom is -0.386 e. The number of rotatable bonds is 3. The molecule has 0 amide bonds. The first-order chi connectivity index (χ1) is 8.02. The molecule has 0 N–H and O–H groups in total. The third kappa shape index (κ3) is 4.92. The molecule has 0 bridgehead atoms. The van der Waals surface area contributed by atoms with Crippen molar-refractivity contribution in [3.8, 4) is 0 Å². The van der Waals surface area contributed by atoms with Crippen LogP contribution in [0.4, 0.5) is 0 Å². The van der Waals surface area contributed by atoms with E-state index in [1.165, 1.54) is 5.19 Å². The molecule has 0 spiro atoms. The lowest BCUT2D eigenvalue weighted by Gasteiger charge is -2.39. The van der Waals surface area contributed by atoms with Crippen LogP contribution in [0, 0.1) is 0 Å². The maximum Gasteiger partial charge on any atom is 0.370 e. The van der Waals surface area contributed by atoms with Gasteiger partial charge in [0.15, 0.2) is 0 Å². The Kier molecular flexibility index (Phi) is 4.41. The van der Waals surface area contributed by atoms with Gasteiger partial charge in [0.2, 0.25) is 0 Å². The molecule has 1 aromatic carbocycles. The monoisotopic (exact) mass is 266 g/mol. The summed E-state index contributed by atoms with van der Waals surface area (Å²) in [6.07, 6.45) is 0. The van der Waals surface area contributed by atoms with E-state index in [0.29, 0.717) is 0 Å². The summed E-state index contributed by atoms with van der Waals surface area (Å²) in [7, 11) is -2.40. The highest BCUT2D eigenvalue weighted by Crippen LogP contribution is 2.23. The summed E-state index contributed by atoms with van der Waals surface area (Å²) in [4.78, 5) is 0. The highest BCUT2D eigenvalue weighted by atomic mass is 28.4. The van der Waals surface area contributed by atoms with E-state index in [1.54, 1.807) is 0 Å². The average molecular weight is 266 g/mol.